The first kappa shape index (κ1) is 17.9. The first-order chi connectivity index (χ1) is 13.2. The Morgan fingerprint density at radius 3 is 2.70 bits per heavy atom. The van der Waals surface area contributed by atoms with E-state index < -0.39 is 0 Å². The zero-order chi connectivity index (χ0) is 18.8. The van der Waals surface area contributed by atoms with Crippen LogP contribution in [0.1, 0.15) is 36.0 Å². The molecule has 4 rings (SSSR count). The molecule has 0 N–H and O–H groups in total. The summed E-state index contributed by atoms with van der Waals surface area (Å²) in [5, 5.41) is 4.77. The quantitative estimate of drug-likeness (QED) is 0.712. The van der Waals surface area contributed by atoms with Crippen molar-refractivity contribution in [1.82, 2.24) is 24.5 Å². The highest BCUT2D eigenvalue weighted by Crippen LogP contribution is 2.23. The molecule has 27 heavy (non-hydrogen) atoms. The predicted octanol–water partition coefficient (Wildman–Crippen LogP) is 3.02. The fourth-order valence-corrected chi connectivity index (χ4v) is 3.75. The van der Waals surface area contributed by atoms with Crippen LogP contribution in [0.4, 0.5) is 5.82 Å². The number of fused-ring (bicyclic) bond motifs is 1. The van der Waals surface area contributed by atoms with Gasteiger partial charge >= 0.3 is 0 Å². The van der Waals surface area contributed by atoms with Crippen molar-refractivity contribution >= 4 is 11.5 Å². The SMILES string of the molecule is CCc1cc(N2CCCN(Cc3ccccn3)CC2)n2nc(C)c(C)c2n1. The zero-order valence-electron chi connectivity index (χ0n) is 16.5. The molecule has 142 valence electrons. The van der Waals surface area contributed by atoms with Gasteiger partial charge in [0.15, 0.2) is 5.65 Å². The molecule has 0 amide bonds. The second-order valence-electron chi connectivity index (χ2n) is 7.34. The summed E-state index contributed by atoms with van der Waals surface area (Å²) in [6.07, 6.45) is 3.95. The van der Waals surface area contributed by atoms with Crippen molar-refractivity contribution in [3.63, 3.8) is 0 Å². The van der Waals surface area contributed by atoms with Gasteiger partial charge in [0, 0.05) is 56.2 Å². The standard InChI is InChI=1S/C21H28N6/c1-4-18-14-20(27-21(23-18)16(2)17(3)24-27)26-11-7-10-25(12-13-26)15-19-8-5-6-9-22-19/h5-6,8-9,14H,4,7,10-13,15H2,1-3H3. The Kier molecular flexibility index (Phi) is 5.07. The van der Waals surface area contributed by atoms with Gasteiger partial charge in [0.1, 0.15) is 5.82 Å². The molecule has 0 saturated carbocycles. The van der Waals surface area contributed by atoms with Crippen LogP contribution in [0.25, 0.3) is 5.65 Å². The van der Waals surface area contributed by atoms with Gasteiger partial charge in [-0.1, -0.05) is 13.0 Å². The average Bonchev–Trinajstić information content (AvgIpc) is 2.86. The molecule has 0 aliphatic carbocycles. The number of aromatic nitrogens is 4. The van der Waals surface area contributed by atoms with Crippen LogP contribution in [-0.4, -0.2) is 50.7 Å². The van der Waals surface area contributed by atoms with Crippen LogP contribution in [0.15, 0.2) is 30.5 Å². The number of anilines is 1. The van der Waals surface area contributed by atoms with Crippen LogP contribution in [0.5, 0.6) is 0 Å². The predicted molar refractivity (Wildman–Crippen MR) is 108 cm³/mol. The fourth-order valence-electron chi connectivity index (χ4n) is 3.75. The van der Waals surface area contributed by atoms with Crippen LogP contribution in [0, 0.1) is 13.8 Å². The van der Waals surface area contributed by atoms with E-state index in [2.05, 4.69) is 53.8 Å². The van der Waals surface area contributed by atoms with Gasteiger partial charge in [-0.05, 0) is 38.8 Å². The van der Waals surface area contributed by atoms with E-state index in [9.17, 15) is 0 Å². The van der Waals surface area contributed by atoms with E-state index in [4.69, 9.17) is 10.1 Å². The van der Waals surface area contributed by atoms with Gasteiger partial charge in [-0.2, -0.15) is 9.61 Å². The third-order valence-electron chi connectivity index (χ3n) is 5.48. The highest BCUT2D eigenvalue weighted by atomic mass is 15.4. The van der Waals surface area contributed by atoms with Crippen LogP contribution in [-0.2, 0) is 13.0 Å². The Hall–Kier alpha value is -2.47. The molecule has 1 aliphatic rings. The Morgan fingerprint density at radius 1 is 1.04 bits per heavy atom. The minimum Gasteiger partial charge on any atom is -0.355 e. The molecule has 0 unspecified atom stereocenters. The van der Waals surface area contributed by atoms with Crippen molar-refractivity contribution in [3.05, 3.63) is 53.1 Å². The summed E-state index contributed by atoms with van der Waals surface area (Å²) in [4.78, 5) is 14.3. The maximum atomic E-state index is 4.82. The number of hydrogen-bond donors (Lipinski definition) is 0. The molecule has 4 heterocycles. The van der Waals surface area contributed by atoms with Gasteiger partial charge in [-0.25, -0.2) is 4.98 Å². The monoisotopic (exact) mass is 364 g/mol. The molecule has 6 nitrogen and oxygen atoms in total. The number of rotatable bonds is 4. The smallest absolute Gasteiger partial charge is 0.160 e. The van der Waals surface area contributed by atoms with Gasteiger partial charge in [0.25, 0.3) is 0 Å². The molecule has 1 saturated heterocycles. The van der Waals surface area contributed by atoms with E-state index in [0.717, 1.165) is 68.3 Å². The molecule has 0 aromatic carbocycles. The molecule has 3 aromatic rings. The largest absolute Gasteiger partial charge is 0.355 e. The van der Waals surface area contributed by atoms with Crippen molar-refractivity contribution in [1.29, 1.82) is 0 Å². The minimum absolute atomic E-state index is 0.917. The lowest BCUT2D eigenvalue weighted by Gasteiger charge is -2.24. The summed E-state index contributed by atoms with van der Waals surface area (Å²) in [5.74, 6) is 1.17. The lowest BCUT2D eigenvalue weighted by molar-refractivity contribution is 0.282. The summed E-state index contributed by atoms with van der Waals surface area (Å²) < 4.78 is 2.04. The number of pyridine rings is 1. The van der Waals surface area contributed by atoms with Gasteiger partial charge in [0.05, 0.1) is 11.4 Å². The zero-order valence-corrected chi connectivity index (χ0v) is 16.5. The maximum absolute atomic E-state index is 4.82. The second kappa shape index (κ2) is 7.64. The van der Waals surface area contributed by atoms with E-state index in [1.807, 2.05) is 16.8 Å². The first-order valence-corrected chi connectivity index (χ1v) is 9.88. The summed E-state index contributed by atoms with van der Waals surface area (Å²) >= 11 is 0. The summed E-state index contributed by atoms with van der Waals surface area (Å²) in [7, 11) is 0. The van der Waals surface area contributed by atoms with E-state index in [-0.39, 0.29) is 0 Å². The first-order valence-electron chi connectivity index (χ1n) is 9.88. The minimum atomic E-state index is 0.917. The summed E-state index contributed by atoms with van der Waals surface area (Å²) in [5.41, 5.74) is 5.51. The molecular formula is C21H28N6. The van der Waals surface area contributed by atoms with E-state index in [0.29, 0.717) is 0 Å². The Balaban J connectivity index is 1.58. The molecule has 1 aliphatic heterocycles. The molecule has 0 spiro atoms. The Bertz CT molecular complexity index is 917. The topological polar surface area (TPSA) is 49.6 Å². The summed E-state index contributed by atoms with van der Waals surface area (Å²) in [6.45, 7) is 11.4. The Morgan fingerprint density at radius 2 is 1.93 bits per heavy atom. The highest BCUT2D eigenvalue weighted by molar-refractivity contribution is 5.57. The van der Waals surface area contributed by atoms with Gasteiger partial charge in [0.2, 0.25) is 0 Å². The van der Waals surface area contributed by atoms with E-state index >= 15 is 0 Å². The second-order valence-corrected chi connectivity index (χ2v) is 7.34. The molecule has 3 aromatic heterocycles. The molecule has 0 radical (unpaired) electrons. The molecule has 0 bridgehead atoms. The Labute approximate surface area is 160 Å². The van der Waals surface area contributed by atoms with Crippen LogP contribution in [0.3, 0.4) is 0 Å². The van der Waals surface area contributed by atoms with Crippen molar-refractivity contribution in [2.24, 2.45) is 0 Å². The fraction of sp³-hybridized carbons (Fsp3) is 0.476. The van der Waals surface area contributed by atoms with E-state index in [1.54, 1.807) is 0 Å². The maximum Gasteiger partial charge on any atom is 0.160 e. The van der Waals surface area contributed by atoms with Gasteiger partial charge < -0.3 is 4.90 Å². The van der Waals surface area contributed by atoms with E-state index in [1.165, 1.54) is 11.4 Å². The van der Waals surface area contributed by atoms with Crippen molar-refractivity contribution in [3.8, 4) is 0 Å². The van der Waals surface area contributed by atoms with Crippen molar-refractivity contribution < 1.29 is 0 Å². The number of aryl methyl sites for hydroxylation is 3. The van der Waals surface area contributed by atoms with Gasteiger partial charge in [-0.15, -0.1) is 0 Å². The summed E-state index contributed by atoms with van der Waals surface area (Å²) in [6, 6.07) is 8.36. The van der Waals surface area contributed by atoms with Crippen LogP contribution in [0.2, 0.25) is 0 Å². The highest BCUT2D eigenvalue weighted by Gasteiger charge is 2.20. The van der Waals surface area contributed by atoms with Crippen molar-refractivity contribution in [2.45, 2.75) is 40.2 Å². The molecule has 1 fully saturated rings. The normalized spacial score (nSPS) is 16.0. The van der Waals surface area contributed by atoms with Crippen LogP contribution < -0.4 is 4.90 Å². The lowest BCUT2D eigenvalue weighted by atomic mass is 10.2. The molecule has 0 atom stereocenters. The number of hydrogen-bond acceptors (Lipinski definition) is 5. The third kappa shape index (κ3) is 3.67. The average molecular weight is 364 g/mol. The molecular weight excluding hydrogens is 336 g/mol. The van der Waals surface area contributed by atoms with Gasteiger partial charge in [-0.3, -0.25) is 9.88 Å². The lowest BCUT2D eigenvalue weighted by Crippen LogP contribution is -2.32. The number of nitrogens with zero attached hydrogens (tertiary/aromatic N) is 6. The third-order valence-corrected chi connectivity index (χ3v) is 5.48. The van der Waals surface area contributed by atoms with Crippen LogP contribution >= 0.6 is 0 Å². The van der Waals surface area contributed by atoms with Crippen molar-refractivity contribution in [2.75, 3.05) is 31.1 Å². The molecule has 6 heteroatoms.